The summed E-state index contributed by atoms with van der Waals surface area (Å²) < 4.78 is 18.6. The number of rotatable bonds is 3. The van der Waals surface area contributed by atoms with E-state index in [2.05, 4.69) is 0 Å². The van der Waals surface area contributed by atoms with Gasteiger partial charge in [-0.1, -0.05) is 17.7 Å². The first-order chi connectivity index (χ1) is 12.0. The lowest BCUT2D eigenvalue weighted by molar-refractivity contribution is -0.120. The van der Waals surface area contributed by atoms with Gasteiger partial charge in [-0.15, -0.1) is 0 Å². The highest BCUT2D eigenvalue weighted by molar-refractivity contribution is 6.31. The quantitative estimate of drug-likeness (QED) is 0.843. The van der Waals surface area contributed by atoms with Crippen LogP contribution in [0, 0.1) is 5.82 Å². The van der Waals surface area contributed by atoms with E-state index in [-0.39, 0.29) is 24.9 Å². The maximum Gasteiger partial charge on any atom is 0.258 e. The molecule has 0 unspecified atom stereocenters. The van der Waals surface area contributed by atoms with Crippen LogP contribution in [0.25, 0.3) is 0 Å². The van der Waals surface area contributed by atoms with E-state index in [0.717, 1.165) is 0 Å². The number of amides is 2. The van der Waals surface area contributed by atoms with Crippen molar-refractivity contribution in [3.8, 4) is 5.75 Å². The van der Waals surface area contributed by atoms with Crippen LogP contribution in [-0.4, -0.2) is 43.5 Å². The minimum Gasteiger partial charge on any atom is -0.496 e. The fraction of sp³-hybridized carbons (Fsp3) is 0.222. The van der Waals surface area contributed by atoms with E-state index in [9.17, 15) is 14.0 Å². The third kappa shape index (κ3) is 3.58. The third-order valence-electron chi connectivity index (χ3n) is 4.02. The number of piperazine rings is 1. The Labute approximate surface area is 149 Å². The van der Waals surface area contributed by atoms with Gasteiger partial charge >= 0.3 is 0 Å². The summed E-state index contributed by atoms with van der Waals surface area (Å²) in [5.41, 5.74) is 0.791. The fourth-order valence-electron chi connectivity index (χ4n) is 2.78. The molecule has 130 valence electrons. The molecular weight excluding hydrogens is 347 g/mol. The molecule has 0 atom stereocenters. The zero-order valence-corrected chi connectivity index (χ0v) is 14.3. The smallest absolute Gasteiger partial charge is 0.258 e. The molecule has 0 saturated carbocycles. The Balaban J connectivity index is 1.78. The predicted molar refractivity (Wildman–Crippen MR) is 92.7 cm³/mol. The highest BCUT2D eigenvalue weighted by Crippen LogP contribution is 2.25. The van der Waals surface area contributed by atoms with Crippen molar-refractivity contribution in [2.45, 2.75) is 0 Å². The summed E-state index contributed by atoms with van der Waals surface area (Å²) in [5, 5.41) is 0.411. The molecule has 1 heterocycles. The minimum atomic E-state index is -0.410. The highest BCUT2D eigenvalue weighted by atomic mass is 35.5. The Hall–Kier alpha value is -2.60. The van der Waals surface area contributed by atoms with Gasteiger partial charge in [0, 0.05) is 23.8 Å². The van der Waals surface area contributed by atoms with Crippen LogP contribution in [0.1, 0.15) is 10.4 Å². The lowest BCUT2D eigenvalue weighted by atomic mass is 10.1. The van der Waals surface area contributed by atoms with Crippen LogP contribution >= 0.6 is 11.6 Å². The molecule has 25 heavy (non-hydrogen) atoms. The summed E-state index contributed by atoms with van der Waals surface area (Å²) in [6, 6.07) is 10.6. The van der Waals surface area contributed by atoms with Gasteiger partial charge in [-0.05, 0) is 36.4 Å². The van der Waals surface area contributed by atoms with E-state index in [0.29, 0.717) is 28.6 Å². The third-order valence-corrected chi connectivity index (χ3v) is 4.25. The van der Waals surface area contributed by atoms with Crippen LogP contribution in [0.4, 0.5) is 10.1 Å². The van der Waals surface area contributed by atoms with Crippen molar-refractivity contribution in [1.29, 1.82) is 0 Å². The van der Waals surface area contributed by atoms with Crippen molar-refractivity contribution >= 4 is 29.1 Å². The molecule has 0 bridgehead atoms. The second-order valence-corrected chi connectivity index (χ2v) is 6.03. The van der Waals surface area contributed by atoms with Crippen molar-refractivity contribution in [2.75, 3.05) is 31.6 Å². The first kappa shape index (κ1) is 17.2. The summed E-state index contributed by atoms with van der Waals surface area (Å²) in [6.45, 7) is 0.526. The van der Waals surface area contributed by atoms with E-state index >= 15 is 0 Å². The number of carbonyl (C=O) groups is 2. The second-order valence-electron chi connectivity index (χ2n) is 5.60. The molecule has 0 spiro atoms. The van der Waals surface area contributed by atoms with Crippen LogP contribution < -0.4 is 9.64 Å². The zero-order chi connectivity index (χ0) is 18.0. The molecule has 1 fully saturated rings. The number of halogens is 2. The number of carbonyl (C=O) groups excluding carboxylic acids is 2. The zero-order valence-electron chi connectivity index (χ0n) is 13.5. The number of anilines is 1. The van der Waals surface area contributed by atoms with Crippen molar-refractivity contribution in [1.82, 2.24) is 4.90 Å². The molecule has 2 aromatic carbocycles. The standard InChI is InChI=1S/C18H16ClFN2O3/c1-25-16-6-5-12(19)9-15(16)18(24)21-7-8-22(17(23)11-21)14-4-2-3-13(20)10-14/h2-6,9-10H,7-8,11H2,1H3. The Bertz CT molecular complexity index is 828. The summed E-state index contributed by atoms with van der Waals surface area (Å²) in [6.07, 6.45) is 0. The van der Waals surface area contributed by atoms with Gasteiger partial charge in [-0.3, -0.25) is 9.59 Å². The van der Waals surface area contributed by atoms with Crippen LogP contribution in [-0.2, 0) is 4.79 Å². The molecule has 5 nitrogen and oxygen atoms in total. The largest absolute Gasteiger partial charge is 0.496 e. The SMILES string of the molecule is COc1ccc(Cl)cc1C(=O)N1CCN(c2cccc(F)c2)C(=O)C1. The number of ether oxygens (including phenoxy) is 1. The molecule has 0 aliphatic carbocycles. The van der Waals surface area contributed by atoms with Crippen LogP contribution in [0.15, 0.2) is 42.5 Å². The van der Waals surface area contributed by atoms with Crippen LogP contribution in [0.2, 0.25) is 5.02 Å². The molecule has 2 aromatic rings. The van der Waals surface area contributed by atoms with Gasteiger partial charge in [0.15, 0.2) is 0 Å². The van der Waals surface area contributed by atoms with Crippen molar-refractivity contribution in [3.63, 3.8) is 0 Å². The first-order valence-electron chi connectivity index (χ1n) is 7.68. The number of methoxy groups -OCH3 is 1. The van der Waals surface area contributed by atoms with Crippen molar-refractivity contribution in [2.24, 2.45) is 0 Å². The number of benzene rings is 2. The molecule has 1 aliphatic heterocycles. The van der Waals surface area contributed by atoms with Gasteiger partial charge in [-0.25, -0.2) is 4.39 Å². The molecule has 1 saturated heterocycles. The number of hydrogen-bond acceptors (Lipinski definition) is 3. The molecule has 0 N–H and O–H groups in total. The summed E-state index contributed by atoms with van der Waals surface area (Å²) in [4.78, 5) is 28.1. The monoisotopic (exact) mass is 362 g/mol. The number of hydrogen-bond donors (Lipinski definition) is 0. The highest BCUT2D eigenvalue weighted by Gasteiger charge is 2.30. The van der Waals surface area contributed by atoms with E-state index in [4.69, 9.17) is 16.3 Å². The maximum absolute atomic E-state index is 13.4. The summed E-state index contributed by atoms with van der Waals surface area (Å²) >= 11 is 5.97. The summed E-state index contributed by atoms with van der Waals surface area (Å²) in [5.74, 6) is -0.611. The Morgan fingerprint density at radius 3 is 2.68 bits per heavy atom. The Morgan fingerprint density at radius 1 is 1.20 bits per heavy atom. The average molecular weight is 363 g/mol. The fourth-order valence-corrected chi connectivity index (χ4v) is 2.95. The molecular formula is C18H16ClFN2O3. The van der Waals surface area contributed by atoms with Crippen molar-refractivity contribution < 1.29 is 18.7 Å². The summed E-state index contributed by atoms with van der Waals surface area (Å²) in [7, 11) is 1.47. The molecule has 7 heteroatoms. The maximum atomic E-state index is 13.4. The Kier molecular flexibility index (Phi) is 4.90. The first-order valence-corrected chi connectivity index (χ1v) is 8.06. The topological polar surface area (TPSA) is 49.9 Å². The van der Waals surface area contributed by atoms with Gasteiger partial charge in [0.05, 0.1) is 12.7 Å². The normalized spacial score (nSPS) is 14.6. The van der Waals surface area contributed by atoms with Crippen LogP contribution in [0.5, 0.6) is 5.75 Å². The van der Waals surface area contributed by atoms with Crippen molar-refractivity contribution in [3.05, 3.63) is 58.9 Å². The molecule has 0 aromatic heterocycles. The van der Waals surface area contributed by atoms with E-state index < -0.39 is 5.82 Å². The molecule has 2 amide bonds. The number of nitrogens with zero attached hydrogens (tertiary/aromatic N) is 2. The van der Waals surface area contributed by atoms with E-state index in [1.165, 1.54) is 35.1 Å². The molecule has 0 radical (unpaired) electrons. The molecule has 1 aliphatic rings. The van der Waals surface area contributed by atoms with Gasteiger partial charge in [0.2, 0.25) is 5.91 Å². The van der Waals surface area contributed by atoms with Gasteiger partial charge in [-0.2, -0.15) is 0 Å². The van der Waals surface area contributed by atoms with Gasteiger partial charge in [0.1, 0.15) is 18.1 Å². The average Bonchev–Trinajstić information content (AvgIpc) is 2.61. The van der Waals surface area contributed by atoms with E-state index in [1.54, 1.807) is 24.3 Å². The predicted octanol–water partition coefficient (Wildman–Crippen LogP) is 2.98. The lowest BCUT2D eigenvalue weighted by Crippen LogP contribution is -2.52. The Morgan fingerprint density at radius 2 is 2.00 bits per heavy atom. The molecule has 3 rings (SSSR count). The van der Waals surface area contributed by atoms with Gasteiger partial charge in [0.25, 0.3) is 5.91 Å². The van der Waals surface area contributed by atoms with Crippen LogP contribution in [0.3, 0.4) is 0 Å². The van der Waals surface area contributed by atoms with E-state index in [1.807, 2.05) is 0 Å². The minimum absolute atomic E-state index is 0.0922. The van der Waals surface area contributed by atoms with Gasteiger partial charge < -0.3 is 14.5 Å². The second kappa shape index (κ2) is 7.11. The lowest BCUT2D eigenvalue weighted by Gasteiger charge is -2.34.